The molecule has 12 rings (SSSR count). The Morgan fingerprint density at radius 1 is 0.387 bits per heavy atom. The van der Waals surface area contributed by atoms with Crippen LogP contribution in [0.3, 0.4) is 0 Å². The number of benzene rings is 8. The standard InChI is InChI=1S/C59H41N3/c1-5-17-40(18-6-1)46-33-47(41-19-7-2-8-20-41)35-49(34-46)61-55-27-15-13-25-50(55)52-31-29-45(38-58(52)61)44-30-32-57-53(36-44)51-26-14-16-28-56(51)62(57)59-39-48(42-21-9-3-10-22-42)37-54(60-59)43-23-11-4-12-24-43/h1-37,39,45H,38H2. The summed E-state index contributed by atoms with van der Waals surface area (Å²) in [4.78, 5) is 5.37. The molecule has 3 aromatic heterocycles. The topological polar surface area (TPSA) is 22.8 Å². The van der Waals surface area contributed by atoms with E-state index in [-0.39, 0.29) is 5.92 Å². The molecular weight excluding hydrogens is 751 g/mol. The fourth-order valence-corrected chi connectivity index (χ4v) is 9.70. The molecule has 0 radical (unpaired) electrons. The van der Waals surface area contributed by atoms with E-state index < -0.39 is 0 Å². The second-order valence-corrected chi connectivity index (χ2v) is 16.3. The van der Waals surface area contributed by atoms with E-state index in [1.807, 2.05) is 0 Å². The minimum atomic E-state index is 0.187. The van der Waals surface area contributed by atoms with Crippen molar-refractivity contribution in [3.8, 4) is 56.1 Å². The highest BCUT2D eigenvalue weighted by molar-refractivity contribution is 6.09. The molecule has 11 aromatic rings. The molecule has 292 valence electrons. The zero-order valence-corrected chi connectivity index (χ0v) is 34.1. The Morgan fingerprint density at radius 3 is 1.53 bits per heavy atom. The fourth-order valence-electron chi connectivity index (χ4n) is 9.70. The van der Waals surface area contributed by atoms with Crippen molar-refractivity contribution in [1.82, 2.24) is 14.1 Å². The summed E-state index contributed by atoms with van der Waals surface area (Å²) in [6.45, 7) is 0. The molecule has 0 spiro atoms. The predicted molar refractivity (Wildman–Crippen MR) is 259 cm³/mol. The van der Waals surface area contributed by atoms with E-state index in [1.54, 1.807) is 0 Å². The number of hydrogen-bond acceptors (Lipinski definition) is 1. The molecule has 0 saturated heterocycles. The van der Waals surface area contributed by atoms with Gasteiger partial charge in [-0.1, -0.05) is 176 Å². The maximum Gasteiger partial charge on any atom is 0.138 e. The molecule has 1 atom stereocenters. The maximum absolute atomic E-state index is 5.37. The molecule has 8 aromatic carbocycles. The number of pyridine rings is 1. The third-order valence-electron chi connectivity index (χ3n) is 12.7. The van der Waals surface area contributed by atoms with Crippen LogP contribution in [0.15, 0.2) is 224 Å². The van der Waals surface area contributed by atoms with Crippen LogP contribution >= 0.6 is 0 Å². The first-order chi connectivity index (χ1) is 30.7. The van der Waals surface area contributed by atoms with Gasteiger partial charge < -0.3 is 4.57 Å². The lowest BCUT2D eigenvalue weighted by Crippen LogP contribution is -2.10. The number of fused-ring (bicyclic) bond motifs is 6. The van der Waals surface area contributed by atoms with Crippen molar-refractivity contribution in [2.24, 2.45) is 0 Å². The number of aromatic nitrogens is 3. The number of nitrogens with zero attached hydrogens (tertiary/aromatic N) is 3. The zero-order valence-electron chi connectivity index (χ0n) is 34.1. The number of hydrogen-bond donors (Lipinski definition) is 0. The number of rotatable bonds is 7. The van der Waals surface area contributed by atoms with Gasteiger partial charge in [-0.3, -0.25) is 4.57 Å². The van der Waals surface area contributed by atoms with Gasteiger partial charge in [0.2, 0.25) is 0 Å². The lowest BCUT2D eigenvalue weighted by Gasteiger charge is -2.22. The molecule has 0 saturated carbocycles. The van der Waals surface area contributed by atoms with Gasteiger partial charge in [-0.05, 0) is 100.0 Å². The van der Waals surface area contributed by atoms with Gasteiger partial charge in [0.05, 0.1) is 22.2 Å². The highest BCUT2D eigenvalue weighted by atomic mass is 15.1. The van der Waals surface area contributed by atoms with E-state index in [2.05, 4.69) is 240 Å². The van der Waals surface area contributed by atoms with Gasteiger partial charge in [0.25, 0.3) is 0 Å². The first-order valence-corrected chi connectivity index (χ1v) is 21.5. The highest BCUT2D eigenvalue weighted by Gasteiger charge is 2.25. The van der Waals surface area contributed by atoms with E-state index in [0.29, 0.717) is 0 Å². The van der Waals surface area contributed by atoms with Gasteiger partial charge in [-0.15, -0.1) is 0 Å². The van der Waals surface area contributed by atoms with Crippen molar-refractivity contribution >= 4 is 38.8 Å². The molecule has 3 heteroatoms. The predicted octanol–water partition coefficient (Wildman–Crippen LogP) is 15.1. The Bertz CT molecular complexity index is 3350. The molecule has 3 nitrogen and oxygen atoms in total. The maximum atomic E-state index is 5.37. The molecule has 1 unspecified atom stereocenters. The summed E-state index contributed by atoms with van der Waals surface area (Å²) in [6.07, 6.45) is 5.67. The summed E-state index contributed by atoms with van der Waals surface area (Å²) in [5.41, 5.74) is 17.8. The molecule has 0 amide bonds. The molecule has 1 aliphatic carbocycles. The van der Waals surface area contributed by atoms with Crippen molar-refractivity contribution in [3.05, 3.63) is 241 Å². The van der Waals surface area contributed by atoms with Crippen LogP contribution in [-0.2, 0) is 6.42 Å². The van der Waals surface area contributed by atoms with Crippen LogP contribution in [0.2, 0.25) is 0 Å². The smallest absolute Gasteiger partial charge is 0.138 e. The van der Waals surface area contributed by atoms with Crippen molar-refractivity contribution < 1.29 is 0 Å². The molecule has 0 N–H and O–H groups in total. The second-order valence-electron chi connectivity index (χ2n) is 16.3. The van der Waals surface area contributed by atoms with Crippen molar-refractivity contribution in [2.45, 2.75) is 12.3 Å². The van der Waals surface area contributed by atoms with Crippen molar-refractivity contribution in [3.63, 3.8) is 0 Å². The van der Waals surface area contributed by atoms with Crippen LogP contribution in [0.1, 0.15) is 22.7 Å². The van der Waals surface area contributed by atoms with Gasteiger partial charge in [-0.25, -0.2) is 4.98 Å². The Balaban J connectivity index is 0.997. The average Bonchev–Trinajstić information content (AvgIpc) is 3.87. The summed E-state index contributed by atoms with van der Waals surface area (Å²) < 4.78 is 4.88. The Hall–Kier alpha value is -8.01. The molecule has 1 aliphatic rings. The van der Waals surface area contributed by atoms with Crippen LogP contribution in [-0.4, -0.2) is 14.1 Å². The first kappa shape index (κ1) is 35.9. The van der Waals surface area contributed by atoms with Gasteiger partial charge >= 0.3 is 0 Å². The van der Waals surface area contributed by atoms with Gasteiger partial charge in [0, 0.05) is 44.6 Å². The normalized spacial score (nSPS) is 13.5. The highest BCUT2D eigenvalue weighted by Crippen LogP contribution is 2.42. The van der Waals surface area contributed by atoms with Crippen LogP contribution in [0.25, 0.3) is 94.9 Å². The van der Waals surface area contributed by atoms with E-state index in [4.69, 9.17) is 4.98 Å². The van der Waals surface area contributed by atoms with Gasteiger partial charge in [0.1, 0.15) is 5.82 Å². The second kappa shape index (κ2) is 14.9. The Labute approximate surface area is 361 Å². The minimum absolute atomic E-state index is 0.187. The van der Waals surface area contributed by atoms with Crippen LogP contribution in [0, 0.1) is 0 Å². The largest absolute Gasteiger partial charge is 0.313 e. The summed E-state index contributed by atoms with van der Waals surface area (Å²) in [5, 5.41) is 3.73. The lowest BCUT2D eigenvalue weighted by molar-refractivity contribution is 0.784. The number of allylic oxidation sites excluding steroid dienone is 1. The third kappa shape index (κ3) is 6.17. The minimum Gasteiger partial charge on any atom is -0.313 e. The summed E-state index contributed by atoms with van der Waals surface area (Å²) in [6, 6.07) is 78.9. The summed E-state index contributed by atoms with van der Waals surface area (Å²) >= 11 is 0. The van der Waals surface area contributed by atoms with E-state index in [0.717, 1.165) is 40.1 Å². The molecule has 0 fully saturated rings. The van der Waals surface area contributed by atoms with Gasteiger partial charge in [-0.2, -0.15) is 0 Å². The molecule has 0 bridgehead atoms. The Kier molecular flexibility index (Phi) is 8.64. The third-order valence-corrected chi connectivity index (χ3v) is 12.7. The van der Waals surface area contributed by atoms with Crippen LogP contribution in [0.4, 0.5) is 0 Å². The Morgan fingerprint density at radius 2 is 0.903 bits per heavy atom. The molecule has 62 heavy (non-hydrogen) atoms. The quantitative estimate of drug-likeness (QED) is 0.158. The monoisotopic (exact) mass is 791 g/mol. The van der Waals surface area contributed by atoms with E-state index in [9.17, 15) is 0 Å². The zero-order chi connectivity index (χ0) is 41.0. The first-order valence-electron chi connectivity index (χ1n) is 21.5. The average molecular weight is 792 g/mol. The SMILES string of the molecule is C1=CC(c2ccc3c(c2)c2ccccc2n3-c2cc(-c3ccccc3)cc(-c3ccccc3)n2)Cc2c1c1ccccc1n2-c1cc(-c2ccccc2)cc(-c2ccccc2)c1. The molecular formula is C59H41N3. The lowest BCUT2D eigenvalue weighted by atomic mass is 9.87. The fraction of sp³-hybridized carbons (Fsp3) is 0.0339. The van der Waals surface area contributed by atoms with Crippen molar-refractivity contribution in [1.29, 1.82) is 0 Å². The van der Waals surface area contributed by atoms with Gasteiger partial charge in [0.15, 0.2) is 0 Å². The van der Waals surface area contributed by atoms with Crippen LogP contribution in [0.5, 0.6) is 0 Å². The molecule has 3 heterocycles. The van der Waals surface area contributed by atoms with Crippen molar-refractivity contribution in [2.75, 3.05) is 0 Å². The molecule has 0 aliphatic heterocycles. The summed E-state index contributed by atoms with van der Waals surface area (Å²) in [7, 11) is 0. The number of para-hydroxylation sites is 2. The van der Waals surface area contributed by atoms with E-state index in [1.165, 1.54) is 72.0 Å². The van der Waals surface area contributed by atoms with E-state index >= 15 is 0 Å². The summed E-state index contributed by atoms with van der Waals surface area (Å²) in [5.74, 6) is 1.09. The van der Waals surface area contributed by atoms with Crippen LogP contribution < -0.4 is 0 Å².